The van der Waals surface area contributed by atoms with Gasteiger partial charge in [0, 0.05) is 5.38 Å². The monoisotopic (exact) mass is 501 g/mol. The van der Waals surface area contributed by atoms with Crippen LogP contribution < -0.4 is 16.4 Å². The number of benzene rings is 1. The molecule has 1 heterocycles. The number of carboxylic acid groups (broad SMARTS) is 1. The van der Waals surface area contributed by atoms with Gasteiger partial charge in [-0.1, -0.05) is 17.3 Å². The quantitative estimate of drug-likeness (QED) is 0.119. The smallest absolute Gasteiger partial charge is 0.475 e. The summed E-state index contributed by atoms with van der Waals surface area (Å²) in [5, 5.41) is 48.6. The number of aromatic carboxylic acids is 1. The van der Waals surface area contributed by atoms with Crippen molar-refractivity contribution in [2.45, 2.75) is 12.4 Å². The van der Waals surface area contributed by atoms with Gasteiger partial charge in [0.25, 0.3) is 5.91 Å². The Labute approximate surface area is 197 Å². The Bertz CT molecular complexity index is 1030. The maximum absolute atomic E-state index is 12.7. The summed E-state index contributed by atoms with van der Waals surface area (Å²) in [6.07, 6.45) is -0.314. The summed E-state index contributed by atoms with van der Waals surface area (Å²) < 4.78 is 0. The number of carbonyl (C=O) groups is 3. The SMILES string of the molecule is CO/N=C(/C(=O)N[C@@H](Cc1cccc(C(=O)O)c1O)B(O)O)c1csc(NC(=O)CN)n1.Cl. The first-order valence-electron chi connectivity index (χ1n) is 8.96. The van der Waals surface area contributed by atoms with Crippen molar-refractivity contribution in [1.82, 2.24) is 10.3 Å². The van der Waals surface area contributed by atoms with Crippen molar-refractivity contribution in [1.29, 1.82) is 0 Å². The zero-order chi connectivity index (χ0) is 23.8. The third kappa shape index (κ3) is 7.40. The summed E-state index contributed by atoms with van der Waals surface area (Å²) in [7, 11) is -0.879. The first kappa shape index (κ1) is 27.8. The van der Waals surface area contributed by atoms with Crippen LogP contribution in [0.15, 0.2) is 28.7 Å². The highest BCUT2D eigenvalue weighted by molar-refractivity contribution is 7.14. The van der Waals surface area contributed by atoms with Gasteiger partial charge >= 0.3 is 13.1 Å². The second-order valence-electron chi connectivity index (χ2n) is 6.23. The molecule has 0 fully saturated rings. The molecule has 1 atom stereocenters. The molecule has 0 saturated carbocycles. The molecule has 0 radical (unpaired) electrons. The van der Waals surface area contributed by atoms with Gasteiger partial charge in [-0.2, -0.15) is 0 Å². The van der Waals surface area contributed by atoms with Crippen molar-refractivity contribution >= 4 is 59.5 Å². The number of hydrogen-bond acceptors (Lipinski definition) is 11. The number of carbonyl (C=O) groups excluding carboxylic acids is 2. The predicted octanol–water partition coefficient (Wildman–Crippen LogP) is -1.04. The number of amides is 2. The Hall–Kier alpha value is -3.24. The van der Waals surface area contributed by atoms with Crippen LogP contribution in [0.5, 0.6) is 5.75 Å². The van der Waals surface area contributed by atoms with Crippen LogP contribution in [0.25, 0.3) is 0 Å². The van der Waals surface area contributed by atoms with Crippen LogP contribution in [0, 0.1) is 0 Å². The van der Waals surface area contributed by atoms with Crippen LogP contribution in [0.2, 0.25) is 0 Å². The molecule has 33 heavy (non-hydrogen) atoms. The fourth-order valence-electron chi connectivity index (χ4n) is 2.54. The highest BCUT2D eigenvalue weighted by Gasteiger charge is 2.30. The fourth-order valence-corrected chi connectivity index (χ4v) is 3.25. The molecule has 2 rings (SSSR count). The maximum atomic E-state index is 12.7. The number of anilines is 1. The van der Waals surface area contributed by atoms with Crippen molar-refractivity contribution < 1.29 is 39.5 Å². The van der Waals surface area contributed by atoms with E-state index in [1.165, 1.54) is 30.7 Å². The van der Waals surface area contributed by atoms with E-state index in [2.05, 4.69) is 25.6 Å². The number of carboxylic acids is 1. The number of hydrogen-bond donors (Lipinski definition) is 7. The number of aromatic nitrogens is 1. The van der Waals surface area contributed by atoms with Gasteiger partial charge in [-0.05, 0) is 18.1 Å². The normalized spacial score (nSPS) is 11.7. The number of thiazole rings is 1. The van der Waals surface area contributed by atoms with Crippen LogP contribution >= 0.6 is 23.7 Å². The van der Waals surface area contributed by atoms with Gasteiger partial charge in [-0.25, -0.2) is 9.78 Å². The van der Waals surface area contributed by atoms with E-state index in [0.29, 0.717) is 0 Å². The number of para-hydroxylation sites is 1. The number of phenols is 1. The van der Waals surface area contributed by atoms with Crippen LogP contribution in [-0.4, -0.2) is 75.5 Å². The molecule has 13 nitrogen and oxygen atoms in total. The van der Waals surface area contributed by atoms with E-state index in [1.54, 1.807) is 0 Å². The third-order valence-corrected chi connectivity index (χ3v) is 4.80. The molecule has 0 bridgehead atoms. The van der Waals surface area contributed by atoms with E-state index in [-0.39, 0.29) is 53.0 Å². The summed E-state index contributed by atoms with van der Waals surface area (Å²) in [5.41, 5.74) is 4.61. The number of oxime groups is 1. The summed E-state index contributed by atoms with van der Waals surface area (Å²) in [5.74, 6) is -4.68. The van der Waals surface area contributed by atoms with Gasteiger partial charge in [0.1, 0.15) is 24.1 Å². The average Bonchev–Trinajstić information content (AvgIpc) is 3.20. The Kier molecular flexibility index (Phi) is 10.7. The second kappa shape index (κ2) is 12.7. The van der Waals surface area contributed by atoms with Gasteiger partial charge in [0.05, 0.1) is 12.5 Å². The summed E-state index contributed by atoms with van der Waals surface area (Å²) >= 11 is 0.996. The zero-order valence-corrected chi connectivity index (χ0v) is 18.7. The van der Waals surface area contributed by atoms with Crippen molar-refractivity contribution in [2.24, 2.45) is 10.9 Å². The number of nitrogens with one attached hydrogen (secondary N) is 2. The highest BCUT2D eigenvalue weighted by Crippen LogP contribution is 2.24. The molecule has 178 valence electrons. The van der Waals surface area contributed by atoms with Gasteiger partial charge in [-0.3, -0.25) is 9.59 Å². The van der Waals surface area contributed by atoms with Crippen molar-refractivity contribution in [3.05, 3.63) is 40.4 Å². The molecule has 8 N–H and O–H groups in total. The minimum Gasteiger partial charge on any atom is -0.507 e. The number of nitrogens with two attached hydrogens (primary N) is 1. The summed E-state index contributed by atoms with van der Waals surface area (Å²) in [4.78, 5) is 44.0. The number of nitrogens with zero attached hydrogens (tertiary/aromatic N) is 2. The standard InChI is InChI=1S/C17H20BN5O8S.ClH/c1-31-23-13(10-7-32-17(20-10)22-12(24)6-19)15(26)21-11(18(29)30)5-8-3-2-4-9(14(8)25)16(27)28;/h2-4,7,11,25,29-30H,5-6,19H2,1H3,(H,21,26)(H,27,28)(H,20,22,24);1H/b23-13+;/t11-;/m0./s1. The van der Waals surface area contributed by atoms with Crippen molar-refractivity contribution in [3.63, 3.8) is 0 Å². The Balaban J connectivity index is 0.00000544. The van der Waals surface area contributed by atoms with E-state index < -0.39 is 36.6 Å². The van der Waals surface area contributed by atoms with E-state index in [9.17, 15) is 29.5 Å². The van der Waals surface area contributed by atoms with Gasteiger partial charge in [0.15, 0.2) is 10.8 Å². The molecular weight excluding hydrogens is 481 g/mol. The lowest BCUT2D eigenvalue weighted by Crippen LogP contribution is -2.50. The molecule has 1 aromatic carbocycles. The lowest BCUT2D eigenvalue weighted by Gasteiger charge is -2.19. The summed E-state index contributed by atoms with van der Waals surface area (Å²) in [6.45, 7) is -0.263. The van der Waals surface area contributed by atoms with Crippen LogP contribution in [0.3, 0.4) is 0 Å². The van der Waals surface area contributed by atoms with Crippen molar-refractivity contribution in [2.75, 3.05) is 19.0 Å². The molecule has 1 aromatic heterocycles. The van der Waals surface area contributed by atoms with Crippen molar-refractivity contribution in [3.8, 4) is 5.75 Å². The fraction of sp³-hybridized carbons (Fsp3) is 0.235. The zero-order valence-electron chi connectivity index (χ0n) is 17.1. The molecule has 2 amide bonds. The Morgan fingerprint density at radius 1 is 1.33 bits per heavy atom. The Morgan fingerprint density at radius 3 is 2.61 bits per heavy atom. The van der Waals surface area contributed by atoms with E-state index in [4.69, 9.17) is 10.8 Å². The number of rotatable bonds is 10. The molecule has 2 aromatic rings. The van der Waals surface area contributed by atoms with Crippen LogP contribution in [-0.2, 0) is 20.8 Å². The average molecular weight is 502 g/mol. The topological polar surface area (TPSA) is 217 Å². The van der Waals surface area contributed by atoms with Crippen LogP contribution in [0.1, 0.15) is 21.6 Å². The summed E-state index contributed by atoms with van der Waals surface area (Å²) in [6, 6.07) is 3.92. The molecule has 0 aliphatic carbocycles. The molecule has 0 saturated heterocycles. The molecule has 0 aliphatic heterocycles. The molecule has 0 aliphatic rings. The van der Waals surface area contributed by atoms with Gasteiger partial charge in [0.2, 0.25) is 5.91 Å². The molecular formula is C17H21BClN5O8S. The highest BCUT2D eigenvalue weighted by atomic mass is 35.5. The van der Waals surface area contributed by atoms with Gasteiger partial charge < -0.3 is 41.5 Å². The van der Waals surface area contributed by atoms with E-state index in [0.717, 1.165) is 11.3 Å². The Morgan fingerprint density at radius 2 is 2.03 bits per heavy atom. The largest absolute Gasteiger partial charge is 0.507 e. The molecule has 0 spiro atoms. The maximum Gasteiger partial charge on any atom is 0.475 e. The second-order valence-corrected chi connectivity index (χ2v) is 7.09. The minimum atomic E-state index is -2.06. The van der Waals surface area contributed by atoms with E-state index in [1.807, 2.05) is 0 Å². The lowest BCUT2D eigenvalue weighted by molar-refractivity contribution is -0.115. The molecule has 16 heteroatoms. The molecule has 0 unspecified atom stereocenters. The predicted molar refractivity (Wildman–Crippen MR) is 121 cm³/mol. The number of halogens is 1. The first-order valence-corrected chi connectivity index (χ1v) is 9.84. The third-order valence-electron chi connectivity index (χ3n) is 4.04. The number of aromatic hydroxyl groups is 1. The van der Waals surface area contributed by atoms with Gasteiger partial charge in [-0.15, -0.1) is 23.7 Å². The lowest BCUT2D eigenvalue weighted by atomic mass is 9.75. The first-order chi connectivity index (χ1) is 15.2. The minimum absolute atomic E-state index is 0. The van der Waals surface area contributed by atoms with E-state index >= 15 is 0 Å². The van der Waals surface area contributed by atoms with Crippen LogP contribution in [0.4, 0.5) is 5.13 Å².